The highest BCUT2D eigenvalue weighted by Crippen LogP contribution is 2.45. The molecule has 0 N–H and O–H groups in total. The molecule has 1 atom stereocenters. The van der Waals surface area contributed by atoms with E-state index >= 15 is 0 Å². The Bertz CT molecular complexity index is 1310. The Hall–Kier alpha value is -3.94. The third-order valence-electron chi connectivity index (χ3n) is 5.28. The van der Waals surface area contributed by atoms with E-state index in [4.69, 9.17) is 0 Å². The summed E-state index contributed by atoms with van der Waals surface area (Å²) in [4.78, 5) is 3.95. The zero-order valence-electron chi connectivity index (χ0n) is 17.0. The van der Waals surface area contributed by atoms with E-state index in [2.05, 4.69) is 10.1 Å². The van der Waals surface area contributed by atoms with Gasteiger partial charge in [0.25, 0.3) is 0 Å². The number of benzene rings is 2. The number of pyridine rings is 1. The first-order chi connectivity index (χ1) is 16.0. The van der Waals surface area contributed by atoms with Crippen molar-refractivity contribution < 1.29 is 30.7 Å². The third kappa shape index (κ3) is 4.07. The van der Waals surface area contributed by atoms with Crippen LogP contribution in [-0.2, 0) is 0 Å². The highest BCUT2D eigenvalue weighted by atomic mass is 19.4. The lowest BCUT2D eigenvalue weighted by atomic mass is 9.95. The minimum atomic E-state index is -5.91. The van der Waals surface area contributed by atoms with Gasteiger partial charge in [-0.2, -0.15) is 32.3 Å². The number of alkyl halides is 5. The number of nitriles is 1. The second-order valence-corrected chi connectivity index (χ2v) is 7.42. The van der Waals surface area contributed by atoms with Gasteiger partial charge >= 0.3 is 12.1 Å². The highest BCUT2D eigenvalue weighted by Gasteiger charge is 2.63. The zero-order chi connectivity index (χ0) is 24.7. The lowest BCUT2D eigenvalue weighted by Crippen LogP contribution is -2.43. The fourth-order valence-electron chi connectivity index (χ4n) is 3.65. The normalized spacial score (nSPS) is 16.4. The zero-order valence-corrected chi connectivity index (χ0v) is 17.0. The van der Waals surface area contributed by atoms with Crippen LogP contribution in [0.2, 0.25) is 0 Å². The third-order valence-corrected chi connectivity index (χ3v) is 5.28. The van der Waals surface area contributed by atoms with Crippen molar-refractivity contribution in [2.24, 2.45) is 5.10 Å². The summed E-state index contributed by atoms with van der Waals surface area (Å²) >= 11 is 0. The first kappa shape index (κ1) is 23.2. The topological polar surface area (TPSA) is 52.3 Å². The minimum Gasteiger partial charge on any atom is -0.255 e. The second kappa shape index (κ2) is 8.44. The van der Waals surface area contributed by atoms with E-state index in [1.807, 2.05) is 6.07 Å². The number of nitrogens with zero attached hydrogens (tertiary/aromatic N) is 4. The van der Waals surface area contributed by atoms with Gasteiger partial charge in [0.1, 0.15) is 23.3 Å². The standard InChI is InChI=1S/C23H13F7N4/c24-15-6-7-19(17(25)10-15)34-20(11-21(33-34)22(26,27)23(28,29)30)14-4-1-3-13(9-14)16-5-2-8-32-18(16)12-31/h1-10,20H,11H2. The van der Waals surface area contributed by atoms with Crippen LogP contribution in [0.1, 0.15) is 23.7 Å². The molecule has 11 heteroatoms. The number of hydrazone groups is 1. The molecule has 2 heterocycles. The average molecular weight is 478 g/mol. The van der Waals surface area contributed by atoms with Gasteiger partial charge in [-0.3, -0.25) is 5.01 Å². The Morgan fingerprint density at radius 2 is 1.74 bits per heavy atom. The van der Waals surface area contributed by atoms with E-state index in [9.17, 15) is 36.0 Å². The van der Waals surface area contributed by atoms with Crippen molar-refractivity contribution in [3.8, 4) is 17.2 Å². The van der Waals surface area contributed by atoms with Crippen LogP contribution in [-0.4, -0.2) is 22.8 Å². The molecule has 0 radical (unpaired) electrons. The lowest BCUT2D eigenvalue weighted by Gasteiger charge is -2.25. The number of rotatable bonds is 4. The van der Waals surface area contributed by atoms with Crippen LogP contribution in [0, 0.1) is 23.0 Å². The molecule has 4 nitrogen and oxygen atoms in total. The Morgan fingerprint density at radius 3 is 2.41 bits per heavy atom. The first-order valence-electron chi connectivity index (χ1n) is 9.75. The molecule has 1 aliphatic heterocycles. The maximum absolute atomic E-state index is 14.5. The summed E-state index contributed by atoms with van der Waals surface area (Å²) in [5.41, 5.74) is -0.815. The average Bonchev–Trinajstić information content (AvgIpc) is 3.24. The van der Waals surface area contributed by atoms with Crippen LogP contribution in [0.4, 0.5) is 36.4 Å². The van der Waals surface area contributed by atoms with Gasteiger partial charge in [0.05, 0.1) is 11.7 Å². The van der Waals surface area contributed by atoms with Gasteiger partial charge in [0, 0.05) is 24.2 Å². The fourth-order valence-corrected chi connectivity index (χ4v) is 3.65. The molecular formula is C23H13F7N4. The Kier molecular flexibility index (Phi) is 5.77. The van der Waals surface area contributed by atoms with Gasteiger partial charge < -0.3 is 0 Å². The van der Waals surface area contributed by atoms with Crippen LogP contribution in [0.3, 0.4) is 0 Å². The molecule has 34 heavy (non-hydrogen) atoms. The van der Waals surface area contributed by atoms with Gasteiger partial charge in [-0.1, -0.05) is 18.2 Å². The highest BCUT2D eigenvalue weighted by molar-refractivity contribution is 5.95. The van der Waals surface area contributed by atoms with Crippen molar-refractivity contribution in [2.75, 3.05) is 5.01 Å². The molecule has 0 saturated carbocycles. The quantitative estimate of drug-likeness (QED) is 0.408. The van der Waals surface area contributed by atoms with Crippen molar-refractivity contribution >= 4 is 11.4 Å². The molecule has 0 fully saturated rings. The van der Waals surface area contributed by atoms with Crippen molar-refractivity contribution in [3.05, 3.63) is 83.7 Å². The van der Waals surface area contributed by atoms with E-state index in [0.29, 0.717) is 22.2 Å². The molecule has 174 valence electrons. The van der Waals surface area contributed by atoms with E-state index in [1.54, 1.807) is 18.2 Å². The van der Waals surface area contributed by atoms with Gasteiger partial charge in [-0.05, 0) is 41.5 Å². The second-order valence-electron chi connectivity index (χ2n) is 7.42. The number of aromatic nitrogens is 1. The SMILES string of the molecule is N#Cc1ncccc1-c1cccc(C2CC(C(F)(F)C(F)(F)F)=NN2c2ccc(F)cc2F)c1. The Labute approximate surface area is 188 Å². The summed E-state index contributed by atoms with van der Waals surface area (Å²) < 4.78 is 95.3. The first-order valence-corrected chi connectivity index (χ1v) is 9.75. The van der Waals surface area contributed by atoms with Crippen LogP contribution >= 0.6 is 0 Å². The number of hydrogen-bond donors (Lipinski definition) is 0. The monoisotopic (exact) mass is 478 g/mol. The Morgan fingerprint density at radius 1 is 0.971 bits per heavy atom. The maximum Gasteiger partial charge on any atom is 0.459 e. The van der Waals surface area contributed by atoms with Crippen molar-refractivity contribution in [1.82, 2.24) is 4.98 Å². The lowest BCUT2D eigenvalue weighted by molar-refractivity contribution is -0.249. The predicted molar refractivity (Wildman–Crippen MR) is 109 cm³/mol. The summed E-state index contributed by atoms with van der Waals surface area (Å²) in [7, 11) is 0. The maximum atomic E-state index is 14.5. The molecule has 3 aromatic rings. The van der Waals surface area contributed by atoms with Crippen LogP contribution in [0.15, 0.2) is 65.9 Å². The molecule has 0 aliphatic carbocycles. The van der Waals surface area contributed by atoms with Crippen molar-refractivity contribution in [2.45, 2.75) is 24.6 Å². The van der Waals surface area contributed by atoms with Crippen LogP contribution < -0.4 is 5.01 Å². The van der Waals surface area contributed by atoms with E-state index < -0.39 is 47.6 Å². The fraction of sp³-hybridized carbons (Fsp3) is 0.174. The van der Waals surface area contributed by atoms with Gasteiger partial charge in [0.15, 0.2) is 5.82 Å². The van der Waals surface area contributed by atoms with E-state index in [-0.39, 0.29) is 11.3 Å². The molecule has 0 spiro atoms. The number of anilines is 1. The molecular weight excluding hydrogens is 465 g/mol. The van der Waals surface area contributed by atoms with Crippen molar-refractivity contribution in [3.63, 3.8) is 0 Å². The molecule has 0 amide bonds. The summed E-state index contributed by atoms with van der Waals surface area (Å²) in [6.07, 6.45) is -5.38. The predicted octanol–water partition coefficient (Wildman–Crippen LogP) is 6.40. The molecule has 1 unspecified atom stereocenters. The summed E-state index contributed by atoms with van der Waals surface area (Å²) in [6, 6.07) is 12.1. The summed E-state index contributed by atoms with van der Waals surface area (Å²) in [5, 5.41) is 13.4. The number of hydrogen-bond acceptors (Lipinski definition) is 4. The van der Waals surface area contributed by atoms with Gasteiger partial charge in [-0.25, -0.2) is 13.8 Å². The molecule has 2 aromatic carbocycles. The minimum absolute atomic E-state index is 0.0769. The largest absolute Gasteiger partial charge is 0.459 e. The Balaban J connectivity index is 1.82. The van der Waals surface area contributed by atoms with Gasteiger partial charge in [0.2, 0.25) is 0 Å². The van der Waals surface area contributed by atoms with E-state index in [0.717, 1.165) is 12.1 Å². The van der Waals surface area contributed by atoms with Gasteiger partial charge in [-0.15, -0.1) is 0 Å². The summed E-state index contributed by atoms with van der Waals surface area (Å²) in [6.45, 7) is 0. The van der Waals surface area contributed by atoms with E-state index in [1.165, 1.54) is 24.4 Å². The van der Waals surface area contributed by atoms with Crippen LogP contribution in [0.25, 0.3) is 11.1 Å². The van der Waals surface area contributed by atoms with Crippen LogP contribution in [0.5, 0.6) is 0 Å². The van der Waals surface area contributed by atoms with Crippen molar-refractivity contribution in [1.29, 1.82) is 5.26 Å². The smallest absolute Gasteiger partial charge is 0.255 e. The molecule has 1 aliphatic rings. The molecule has 1 aromatic heterocycles. The molecule has 0 bridgehead atoms. The molecule has 4 rings (SSSR count). The summed E-state index contributed by atoms with van der Waals surface area (Å²) in [5.74, 6) is -7.39. The molecule has 0 saturated heterocycles. The number of halogens is 7.